The number of thioether (sulfide) groups is 1. The van der Waals surface area contributed by atoms with E-state index in [1.54, 1.807) is 30.3 Å². The molecule has 1 fully saturated rings. The highest BCUT2D eigenvalue weighted by Crippen LogP contribution is 2.30. The van der Waals surface area contributed by atoms with Crippen LogP contribution in [0.1, 0.15) is 22.8 Å². The van der Waals surface area contributed by atoms with Crippen molar-refractivity contribution < 1.29 is 29.2 Å². The topological polar surface area (TPSA) is 85.2 Å². The number of aliphatic hydroxyl groups is 2. The van der Waals surface area contributed by atoms with Crippen LogP contribution in [0.3, 0.4) is 0 Å². The molecule has 0 saturated carbocycles. The molecule has 6 nitrogen and oxygen atoms in total. The average Bonchev–Trinajstić information content (AvgIpc) is 2.75. The van der Waals surface area contributed by atoms with Gasteiger partial charge in [0.1, 0.15) is 23.7 Å². The molecule has 156 valence electrons. The predicted molar refractivity (Wildman–Crippen MR) is 111 cm³/mol. The van der Waals surface area contributed by atoms with Gasteiger partial charge in [-0.15, -0.1) is 11.8 Å². The molecular weight excluding hydrogens is 392 g/mol. The normalized spacial score (nSPS) is 26.8. The number of ether oxygens (including phenoxy) is 3. The van der Waals surface area contributed by atoms with E-state index < -0.39 is 35.8 Å². The van der Waals surface area contributed by atoms with E-state index in [1.165, 1.54) is 11.8 Å². The summed E-state index contributed by atoms with van der Waals surface area (Å²) in [4.78, 5) is 12.5. The molecule has 0 radical (unpaired) electrons. The maximum Gasteiger partial charge on any atom is 0.338 e. The van der Waals surface area contributed by atoms with Crippen LogP contribution in [0.25, 0.3) is 0 Å². The number of hydrogen-bond acceptors (Lipinski definition) is 7. The minimum absolute atomic E-state index is 0.117. The zero-order valence-corrected chi connectivity index (χ0v) is 17.0. The van der Waals surface area contributed by atoms with Crippen molar-refractivity contribution >= 4 is 17.7 Å². The van der Waals surface area contributed by atoms with E-state index in [4.69, 9.17) is 14.2 Å². The zero-order chi connectivity index (χ0) is 20.6. The molecule has 1 aliphatic rings. The summed E-state index contributed by atoms with van der Waals surface area (Å²) in [5.41, 5.74) is 0.747. The second-order valence-corrected chi connectivity index (χ2v) is 8.09. The predicted octanol–water partition coefficient (Wildman–Crippen LogP) is 2.63. The largest absolute Gasteiger partial charge is 0.453 e. The Balaban J connectivity index is 1.69. The summed E-state index contributed by atoms with van der Waals surface area (Å²) in [7, 11) is 0. The minimum atomic E-state index is -1.27. The highest BCUT2D eigenvalue weighted by atomic mass is 32.2. The monoisotopic (exact) mass is 418 g/mol. The molecule has 0 aromatic heterocycles. The highest BCUT2D eigenvalue weighted by molar-refractivity contribution is 7.99. The minimum Gasteiger partial charge on any atom is -0.453 e. The molecule has 5 atom stereocenters. The van der Waals surface area contributed by atoms with Gasteiger partial charge >= 0.3 is 5.97 Å². The van der Waals surface area contributed by atoms with Crippen molar-refractivity contribution in [2.75, 3.05) is 12.4 Å². The summed E-state index contributed by atoms with van der Waals surface area (Å²) < 4.78 is 17.3. The van der Waals surface area contributed by atoms with Gasteiger partial charge in [0.15, 0.2) is 6.10 Å². The number of esters is 1. The van der Waals surface area contributed by atoms with Crippen LogP contribution in [0.5, 0.6) is 0 Å². The first-order valence-electron chi connectivity index (χ1n) is 9.61. The Labute approximate surface area is 174 Å². The summed E-state index contributed by atoms with van der Waals surface area (Å²) >= 11 is 1.39. The van der Waals surface area contributed by atoms with Crippen molar-refractivity contribution in [1.82, 2.24) is 0 Å². The van der Waals surface area contributed by atoms with Crippen molar-refractivity contribution in [2.24, 2.45) is 0 Å². The Kier molecular flexibility index (Phi) is 8.09. The van der Waals surface area contributed by atoms with Gasteiger partial charge in [-0.3, -0.25) is 0 Å². The average molecular weight is 419 g/mol. The Morgan fingerprint density at radius 2 is 1.69 bits per heavy atom. The first-order valence-corrected chi connectivity index (χ1v) is 10.7. The maximum atomic E-state index is 12.5. The fourth-order valence-electron chi connectivity index (χ4n) is 3.12. The fourth-order valence-corrected chi connectivity index (χ4v) is 4.03. The molecule has 0 amide bonds. The number of carbonyl (C=O) groups is 1. The van der Waals surface area contributed by atoms with E-state index in [9.17, 15) is 15.0 Å². The summed E-state index contributed by atoms with van der Waals surface area (Å²) in [6, 6.07) is 18.2. The quantitative estimate of drug-likeness (QED) is 0.638. The van der Waals surface area contributed by atoms with E-state index in [2.05, 4.69) is 0 Å². The Morgan fingerprint density at radius 3 is 2.34 bits per heavy atom. The third kappa shape index (κ3) is 5.81. The Morgan fingerprint density at radius 1 is 1.03 bits per heavy atom. The fraction of sp³-hybridized carbons (Fsp3) is 0.409. The standard InChI is InChI=1S/C22H26O6S/c1-2-29-22-19(24)18(23)20(28-21(25)16-11-7-4-8-12-16)17(27-22)14-26-13-15-9-5-3-6-10-15/h3-12,17-20,22-24H,2,13-14H2,1H3. The molecule has 2 aromatic rings. The van der Waals surface area contributed by atoms with Gasteiger partial charge in [0.05, 0.1) is 18.8 Å². The van der Waals surface area contributed by atoms with Crippen molar-refractivity contribution in [3.8, 4) is 0 Å². The van der Waals surface area contributed by atoms with Gasteiger partial charge in [0, 0.05) is 0 Å². The van der Waals surface area contributed by atoms with Gasteiger partial charge in [-0.25, -0.2) is 4.79 Å². The van der Waals surface area contributed by atoms with Crippen molar-refractivity contribution in [3.63, 3.8) is 0 Å². The Hall–Kier alpha value is -1.90. The first-order chi connectivity index (χ1) is 14.1. The van der Waals surface area contributed by atoms with Crippen molar-refractivity contribution in [2.45, 2.75) is 43.4 Å². The van der Waals surface area contributed by atoms with E-state index in [1.807, 2.05) is 37.3 Å². The molecular formula is C22H26O6S. The second-order valence-electron chi connectivity index (χ2n) is 6.72. The van der Waals surface area contributed by atoms with Crippen LogP contribution in [0.4, 0.5) is 0 Å². The van der Waals surface area contributed by atoms with Crippen LogP contribution in [0.15, 0.2) is 60.7 Å². The van der Waals surface area contributed by atoms with E-state index in [0.717, 1.165) is 5.56 Å². The molecule has 5 unspecified atom stereocenters. The van der Waals surface area contributed by atoms with Crippen LogP contribution in [0, 0.1) is 0 Å². The third-order valence-corrected chi connectivity index (χ3v) is 5.67. The first kappa shape index (κ1) is 21.8. The third-order valence-electron chi connectivity index (χ3n) is 4.62. The van der Waals surface area contributed by atoms with Gasteiger partial charge < -0.3 is 24.4 Å². The summed E-state index contributed by atoms with van der Waals surface area (Å²) in [5.74, 6) is 0.126. The lowest BCUT2D eigenvalue weighted by Crippen LogP contribution is -2.59. The van der Waals surface area contributed by atoms with Gasteiger partial charge in [0.25, 0.3) is 0 Å². The van der Waals surface area contributed by atoms with Crippen LogP contribution in [-0.2, 0) is 20.8 Å². The molecule has 1 aliphatic heterocycles. The smallest absolute Gasteiger partial charge is 0.338 e. The van der Waals surface area contributed by atoms with E-state index in [-0.39, 0.29) is 6.61 Å². The second kappa shape index (κ2) is 10.8. The highest BCUT2D eigenvalue weighted by Gasteiger charge is 2.46. The number of aliphatic hydroxyl groups excluding tert-OH is 2. The lowest BCUT2D eigenvalue weighted by atomic mass is 10.00. The lowest BCUT2D eigenvalue weighted by molar-refractivity contribution is -0.210. The van der Waals surface area contributed by atoms with Gasteiger partial charge in [0.2, 0.25) is 0 Å². The van der Waals surface area contributed by atoms with Crippen LogP contribution in [0.2, 0.25) is 0 Å². The van der Waals surface area contributed by atoms with Crippen molar-refractivity contribution in [1.29, 1.82) is 0 Å². The Bertz CT molecular complexity index is 756. The van der Waals surface area contributed by atoms with Crippen LogP contribution in [-0.4, -0.2) is 58.4 Å². The van der Waals surface area contributed by atoms with Crippen molar-refractivity contribution in [3.05, 3.63) is 71.8 Å². The van der Waals surface area contributed by atoms with Gasteiger partial charge in [-0.05, 0) is 23.4 Å². The molecule has 29 heavy (non-hydrogen) atoms. The molecule has 3 rings (SSSR count). The number of benzene rings is 2. The number of carbonyl (C=O) groups excluding carboxylic acids is 1. The van der Waals surface area contributed by atoms with Gasteiger partial charge in [-0.2, -0.15) is 0 Å². The van der Waals surface area contributed by atoms with E-state index in [0.29, 0.717) is 17.9 Å². The lowest BCUT2D eigenvalue weighted by Gasteiger charge is -2.41. The molecule has 0 spiro atoms. The molecule has 7 heteroatoms. The van der Waals surface area contributed by atoms with E-state index >= 15 is 0 Å². The molecule has 1 heterocycles. The van der Waals surface area contributed by atoms with Crippen LogP contribution >= 0.6 is 11.8 Å². The molecule has 2 N–H and O–H groups in total. The SMILES string of the molecule is CCSC1OC(COCc2ccccc2)C(OC(=O)c2ccccc2)C(O)C1O. The molecule has 2 aromatic carbocycles. The number of hydrogen-bond donors (Lipinski definition) is 2. The zero-order valence-electron chi connectivity index (χ0n) is 16.2. The molecule has 0 bridgehead atoms. The summed E-state index contributed by atoms with van der Waals surface area (Å²) in [6.45, 7) is 2.42. The van der Waals surface area contributed by atoms with Crippen LogP contribution < -0.4 is 0 Å². The maximum absolute atomic E-state index is 12.5. The summed E-state index contributed by atoms with van der Waals surface area (Å²) in [5, 5.41) is 21.1. The number of rotatable bonds is 8. The van der Waals surface area contributed by atoms with Gasteiger partial charge in [-0.1, -0.05) is 55.5 Å². The molecule has 0 aliphatic carbocycles. The summed E-state index contributed by atoms with van der Waals surface area (Å²) in [6.07, 6.45) is -4.18. The molecule has 1 saturated heterocycles.